The fourth-order valence-electron chi connectivity index (χ4n) is 2.49. The molecular formula is C20H22BrN3O5S. The summed E-state index contributed by atoms with van der Waals surface area (Å²) in [7, 11) is -3.91. The van der Waals surface area contributed by atoms with Crippen molar-refractivity contribution in [3.05, 3.63) is 71.0 Å². The number of hydrogen-bond acceptors (Lipinski definition) is 7. The van der Waals surface area contributed by atoms with E-state index in [2.05, 4.69) is 26.1 Å². The highest BCUT2D eigenvalue weighted by molar-refractivity contribution is 9.10. The van der Waals surface area contributed by atoms with E-state index in [1.165, 1.54) is 16.9 Å². The van der Waals surface area contributed by atoms with E-state index >= 15 is 0 Å². The van der Waals surface area contributed by atoms with Gasteiger partial charge in [0.25, 0.3) is 10.1 Å². The Labute approximate surface area is 184 Å². The number of aryl methyl sites for hydroxylation is 1. The lowest BCUT2D eigenvalue weighted by atomic mass is 10.2. The highest BCUT2D eigenvalue weighted by Crippen LogP contribution is 2.24. The Kier molecular flexibility index (Phi) is 7.97. The predicted octanol–water partition coefficient (Wildman–Crippen LogP) is 3.22. The average Bonchev–Trinajstić information content (AvgIpc) is 3.24. The second kappa shape index (κ2) is 10.7. The van der Waals surface area contributed by atoms with Gasteiger partial charge >= 0.3 is 0 Å². The third-order valence-electron chi connectivity index (χ3n) is 4.09. The SMILES string of the molecule is Cc1ccc(S(=O)(=O)OC[C@@H](COc2ccccc2Br)OCCn2nccn2)cc1. The summed E-state index contributed by atoms with van der Waals surface area (Å²) in [5.74, 6) is 0.626. The lowest BCUT2D eigenvalue weighted by Gasteiger charge is -2.19. The zero-order chi connectivity index (χ0) is 21.4. The summed E-state index contributed by atoms with van der Waals surface area (Å²) in [5, 5.41) is 8.02. The van der Waals surface area contributed by atoms with Crippen molar-refractivity contribution in [1.29, 1.82) is 0 Å². The summed E-state index contributed by atoms with van der Waals surface area (Å²) in [6.45, 7) is 2.50. The molecule has 1 heterocycles. The number of benzene rings is 2. The molecular weight excluding hydrogens is 474 g/mol. The molecule has 10 heteroatoms. The molecule has 0 radical (unpaired) electrons. The number of nitrogens with zero attached hydrogens (tertiary/aromatic N) is 3. The summed E-state index contributed by atoms with van der Waals surface area (Å²) in [4.78, 5) is 1.58. The maximum Gasteiger partial charge on any atom is 0.297 e. The Morgan fingerprint density at radius 2 is 1.73 bits per heavy atom. The maximum absolute atomic E-state index is 12.5. The zero-order valence-electron chi connectivity index (χ0n) is 16.3. The fourth-order valence-corrected chi connectivity index (χ4v) is 3.82. The highest BCUT2D eigenvalue weighted by atomic mass is 79.9. The number of para-hydroxylation sites is 1. The van der Waals surface area contributed by atoms with E-state index in [9.17, 15) is 8.42 Å². The van der Waals surface area contributed by atoms with E-state index in [-0.39, 0.29) is 24.7 Å². The van der Waals surface area contributed by atoms with Crippen LogP contribution in [0.5, 0.6) is 5.75 Å². The summed E-state index contributed by atoms with van der Waals surface area (Å²) in [6, 6.07) is 13.8. The van der Waals surface area contributed by atoms with Gasteiger partial charge in [0.15, 0.2) is 0 Å². The molecule has 0 N–H and O–H groups in total. The lowest BCUT2D eigenvalue weighted by molar-refractivity contribution is -0.0111. The smallest absolute Gasteiger partial charge is 0.297 e. The number of rotatable bonds is 11. The summed E-state index contributed by atoms with van der Waals surface area (Å²) < 4.78 is 42.6. The minimum absolute atomic E-state index is 0.0966. The third kappa shape index (κ3) is 6.63. The van der Waals surface area contributed by atoms with Crippen molar-refractivity contribution in [3.8, 4) is 5.75 Å². The normalized spacial score (nSPS) is 12.6. The fraction of sp³-hybridized carbons (Fsp3) is 0.300. The topological polar surface area (TPSA) is 92.5 Å². The molecule has 0 aliphatic heterocycles. The molecule has 8 nitrogen and oxygen atoms in total. The van der Waals surface area contributed by atoms with Crippen LogP contribution < -0.4 is 4.74 Å². The second-order valence-electron chi connectivity index (χ2n) is 6.41. The molecule has 30 heavy (non-hydrogen) atoms. The van der Waals surface area contributed by atoms with E-state index in [4.69, 9.17) is 13.7 Å². The molecule has 1 aromatic heterocycles. The lowest BCUT2D eigenvalue weighted by Crippen LogP contribution is -2.30. The van der Waals surface area contributed by atoms with Crippen molar-refractivity contribution in [2.24, 2.45) is 0 Å². The largest absolute Gasteiger partial charge is 0.490 e. The molecule has 0 aliphatic carbocycles. The van der Waals surface area contributed by atoms with Gasteiger partial charge in [0.05, 0.1) is 41.5 Å². The van der Waals surface area contributed by atoms with Gasteiger partial charge < -0.3 is 9.47 Å². The van der Waals surface area contributed by atoms with E-state index < -0.39 is 16.2 Å². The van der Waals surface area contributed by atoms with Gasteiger partial charge in [-0.1, -0.05) is 29.8 Å². The van der Waals surface area contributed by atoms with E-state index in [0.29, 0.717) is 12.3 Å². The number of halogens is 1. The first kappa shape index (κ1) is 22.4. The summed E-state index contributed by atoms with van der Waals surface area (Å²) >= 11 is 3.42. The van der Waals surface area contributed by atoms with Gasteiger partial charge in [-0.15, -0.1) is 0 Å². The molecule has 0 saturated carbocycles. The molecule has 0 saturated heterocycles. The van der Waals surface area contributed by atoms with Gasteiger partial charge in [-0.25, -0.2) is 0 Å². The first-order valence-corrected chi connectivity index (χ1v) is 11.4. The third-order valence-corrected chi connectivity index (χ3v) is 6.04. The number of aromatic nitrogens is 3. The van der Waals surface area contributed by atoms with Crippen LogP contribution in [-0.4, -0.2) is 49.3 Å². The molecule has 2 aromatic carbocycles. The Bertz CT molecular complexity index is 1030. The van der Waals surface area contributed by atoms with Gasteiger partial charge in [0.2, 0.25) is 0 Å². The molecule has 0 bridgehead atoms. The van der Waals surface area contributed by atoms with E-state index in [1.54, 1.807) is 30.6 Å². The average molecular weight is 496 g/mol. The van der Waals surface area contributed by atoms with E-state index in [1.807, 2.05) is 25.1 Å². The van der Waals surface area contributed by atoms with Gasteiger partial charge in [-0.2, -0.15) is 23.4 Å². The van der Waals surface area contributed by atoms with Gasteiger partial charge in [0.1, 0.15) is 18.5 Å². The quantitative estimate of drug-likeness (QED) is 0.377. The molecule has 0 fully saturated rings. The van der Waals surface area contributed by atoms with Crippen molar-refractivity contribution >= 4 is 26.0 Å². The molecule has 0 aliphatic rings. The van der Waals surface area contributed by atoms with Crippen LogP contribution in [0.1, 0.15) is 5.56 Å². The van der Waals surface area contributed by atoms with Crippen LogP contribution in [0.4, 0.5) is 0 Å². The Balaban J connectivity index is 1.61. The summed E-state index contributed by atoms with van der Waals surface area (Å²) in [6.07, 6.45) is 2.53. The van der Waals surface area contributed by atoms with Crippen molar-refractivity contribution in [1.82, 2.24) is 15.0 Å². The molecule has 1 atom stereocenters. The van der Waals surface area contributed by atoms with Crippen LogP contribution in [-0.2, 0) is 25.6 Å². The van der Waals surface area contributed by atoms with Gasteiger partial charge in [0, 0.05) is 0 Å². The van der Waals surface area contributed by atoms with E-state index in [0.717, 1.165) is 10.0 Å². The molecule has 3 aromatic rings. The zero-order valence-corrected chi connectivity index (χ0v) is 18.8. The molecule has 0 amide bonds. The van der Waals surface area contributed by atoms with Gasteiger partial charge in [-0.05, 0) is 47.1 Å². The molecule has 0 spiro atoms. The second-order valence-corrected chi connectivity index (χ2v) is 8.88. The van der Waals surface area contributed by atoms with Gasteiger partial charge in [-0.3, -0.25) is 4.18 Å². The van der Waals surface area contributed by atoms with Crippen LogP contribution in [0.15, 0.2) is 70.3 Å². The monoisotopic (exact) mass is 495 g/mol. The van der Waals surface area contributed by atoms with Crippen LogP contribution in [0.2, 0.25) is 0 Å². The van der Waals surface area contributed by atoms with Crippen molar-refractivity contribution in [2.75, 3.05) is 19.8 Å². The first-order chi connectivity index (χ1) is 14.4. The Hall–Kier alpha value is -2.27. The Morgan fingerprint density at radius 3 is 2.43 bits per heavy atom. The maximum atomic E-state index is 12.5. The summed E-state index contributed by atoms with van der Waals surface area (Å²) in [5.41, 5.74) is 0.962. The first-order valence-electron chi connectivity index (χ1n) is 9.23. The standard InChI is InChI=1S/C20H22BrN3O5S/c1-16-6-8-18(9-7-16)30(25,26)29-15-17(27-13-12-24-22-10-11-23-24)14-28-20-5-3-2-4-19(20)21/h2-11,17H,12-15H2,1H3/t17-/m1/s1. The predicted molar refractivity (Wildman–Crippen MR) is 114 cm³/mol. The minimum atomic E-state index is -3.91. The molecule has 160 valence electrons. The minimum Gasteiger partial charge on any atom is -0.490 e. The number of hydrogen-bond donors (Lipinski definition) is 0. The van der Waals surface area contributed by atoms with Crippen LogP contribution >= 0.6 is 15.9 Å². The highest BCUT2D eigenvalue weighted by Gasteiger charge is 2.20. The number of ether oxygens (including phenoxy) is 2. The van der Waals surface area contributed by atoms with Crippen LogP contribution in [0, 0.1) is 6.92 Å². The van der Waals surface area contributed by atoms with Crippen LogP contribution in [0.3, 0.4) is 0 Å². The molecule has 3 rings (SSSR count). The molecule has 0 unspecified atom stereocenters. The van der Waals surface area contributed by atoms with Crippen molar-refractivity contribution < 1.29 is 22.1 Å². The van der Waals surface area contributed by atoms with Crippen molar-refractivity contribution in [3.63, 3.8) is 0 Å². The Morgan fingerprint density at radius 1 is 1.03 bits per heavy atom. The van der Waals surface area contributed by atoms with Crippen LogP contribution in [0.25, 0.3) is 0 Å². The van der Waals surface area contributed by atoms with Crippen molar-refractivity contribution in [2.45, 2.75) is 24.5 Å².